The van der Waals surface area contributed by atoms with E-state index in [1.54, 1.807) is 48.5 Å². The molecular weight excluding hydrogens is 441 g/mol. The van der Waals surface area contributed by atoms with E-state index >= 15 is 0 Å². The van der Waals surface area contributed by atoms with Crippen LogP contribution in [0.5, 0.6) is 0 Å². The van der Waals surface area contributed by atoms with Crippen LogP contribution in [0.2, 0.25) is 10.0 Å². The second-order valence-electron chi connectivity index (χ2n) is 7.26. The van der Waals surface area contributed by atoms with Crippen LogP contribution in [0.3, 0.4) is 0 Å². The Morgan fingerprint density at radius 2 is 1.45 bits per heavy atom. The molecule has 162 valence electrons. The van der Waals surface area contributed by atoms with Crippen molar-refractivity contribution in [3.8, 4) is 0 Å². The smallest absolute Gasteiger partial charge is 0.303 e. The van der Waals surface area contributed by atoms with Crippen LogP contribution in [-0.2, 0) is 14.4 Å². The van der Waals surface area contributed by atoms with E-state index in [2.05, 4.69) is 0 Å². The molecule has 2 aromatic rings. The summed E-state index contributed by atoms with van der Waals surface area (Å²) in [6.07, 6.45) is 1.66. The first-order valence-corrected chi connectivity index (χ1v) is 10.6. The predicted molar refractivity (Wildman–Crippen MR) is 118 cm³/mol. The number of likely N-dealkylation sites (tertiary alicyclic amines) is 1. The Balaban J connectivity index is 1.96. The van der Waals surface area contributed by atoms with Crippen molar-refractivity contribution in [1.29, 1.82) is 0 Å². The molecule has 1 fully saturated rings. The van der Waals surface area contributed by atoms with Crippen LogP contribution in [0.4, 0.5) is 0 Å². The summed E-state index contributed by atoms with van der Waals surface area (Å²) in [6.45, 7) is 0.259. The molecular formula is C23H21Cl2NO5. The fourth-order valence-corrected chi connectivity index (χ4v) is 3.85. The average molecular weight is 462 g/mol. The van der Waals surface area contributed by atoms with Crippen LogP contribution in [0.25, 0.3) is 5.76 Å². The molecule has 3 rings (SSSR count). The molecule has 1 saturated heterocycles. The minimum absolute atomic E-state index is 0.000167. The Bertz CT molecular complexity index is 1020. The summed E-state index contributed by atoms with van der Waals surface area (Å²) in [5.41, 5.74) is 1.02. The van der Waals surface area contributed by atoms with Gasteiger partial charge < -0.3 is 15.1 Å². The normalized spacial score (nSPS) is 17.9. The van der Waals surface area contributed by atoms with Gasteiger partial charge in [0, 0.05) is 28.6 Å². The molecule has 0 bridgehead atoms. The van der Waals surface area contributed by atoms with Crippen LogP contribution < -0.4 is 0 Å². The third-order valence-electron chi connectivity index (χ3n) is 5.13. The van der Waals surface area contributed by atoms with Crippen molar-refractivity contribution in [3.63, 3.8) is 0 Å². The fraction of sp³-hybridized carbons (Fsp3) is 0.261. The Morgan fingerprint density at radius 1 is 0.871 bits per heavy atom. The van der Waals surface area contributed by atoms with E-state index in [0.717, 1.165) is 0 Å². The molecule has 1 heterocycles. The van der Waals surface area contributed by atoms with Crippen molar-refractivity contribution in [1.82, 2.24) is 4.90 Å². The molecule has 0 spiro atoms. The molecule has 0 saturated carbocycles. The number of benzene rings is 2. The summed E-state index contributed by atoms with van der Waals surface area (Å²) in [5, 5.41) is 20.7. The number of rotatable bonds is 8. The lowest BCUT2D eigenvalue weighted by Gasteiger charge is -2.25. The number of aliphatic hydroxyl groups is 1. The quantitative estimate of drug-likeness (QED) is 0.248. The van der Waals surface area contributed by atoms with Gasteiger partial charge in [-0.1, -0.05) is 41.8 Å². The van der Waals surface area contributed by atoms with Gasteiger partial charge in [-0.15, -0.1) is 0 Å². The molecule has 0 aromatic heterocycles. The predicted octanol–water partition coefficient (Wildman–Crippen LogP) is 5.06. The number of halogens is 2. The molecule has 8 heteroatoms. The van der Waals surface area contributed by atoms with Crippen molar-refractivity contribution < 1.29 is 24.6 Å². The Hall–Kier alpha value is -2.83. The van der Waals surface area contributed by atoms with Gasteiger partial charge in [0.15, 0.2) is 0 Å². The lowest BCUT2D eigenvalue weighted by atomic mass is 9.95. The first kappa shape index (κ1) is 22.8. The van der Waals surface area contributed by atoms with Crippen LogP contribution >= 0.6 is 23.2 Å². The maximum Gasteiger partial charge on any atom is 0.303 e. The lowest BCUT2D eigenvalue weighted by Crippen LogP contribution is -2.30. The highest BCUT2D eigenvalue weighted by atomic mass is 35.5. The zero-order valence-corrected chi connectivity index (χ0v) is 18.1. The van der Waals surface area contributed by atoms with Crippen LogP contribution in [0.15, 0.2) is 54.1 Å². The Kier molecular flexibility index (Phi) is 7.36. The van der Waals surface area contributed by atoms with Gasteiger partial charge in [-0.2, -0.15) is 0 Å². The Morgan fingerprint density at radius 3 is 2.03 bits per heavy atom. The van der Waals surface area contributed by atoms with E-state index in [9.17, 15) is 19.5 Å². The summed E-state index contributed by atoms with van der Waals surface area (Å²) >= 11 is 11.9. The molecule has 1 atom stereocenters. The second-order valence-corrected chi connectivity index (χ2v) is 8.13. The van der Waals surface area contributed by atoms with Crippen molar-refractivity contribution >= 4 is 46.6 Å². The van der Waals surface area contributed by atoms with Crippen molar-refractivity contribution in [3.05, 3.63) is 75.3 Å². The molecule has 1 aliphatic heterocycles. The highest BCUT2D eigenvalue weighted by Crippen LogP contribution is 2.40. The minimum Gasteiger partial charge on any atom is -0.507 e. The molecule has 1 aliphatic rings. The first-order chi connectivity index (χ1) is 14.8. The van der Waals surface area contributed by atoms with E-state index in [0.29, 0.717) is 40.4 Å². The van der Waals surface area contributed by atoms with Crippen LogP contribution in [0, 0.1) is 0 Å². The van der Waals surface area contributed by atoms with E-state index in [4.69, 9.17) is 28.3 Å². The molecule has 0 radical (unpaired) electrons. The number of carboxylic acids is 1. The number of nitrogens with zero attached hydrogens (tertiary/aromatic N) is 1. The van der Waals surface area contributed by atoms with Gasteiger partial charge in [-0.25, -0.2) is 0 Å². The second kappa shape index (κ2) is 9.98. The number of unbranched alkanes of at least 4 members (excludes halogenated alkanes) is 2. The highest BCUT2D eigenvalue weighted by molar-refractivity contribution is 6.46. The SMILES string of the molecule is O=C(O)CCCCCN1C(=O)C(=O)/C(=C(\O)c2ccc(Cl)cc2)C1c1ccc(Cl)cc1. The molecule has 1 amide bonds. The topological polar surface area (TPSA) is 94.9 Å². The summed E-state index contributed by atoms with van der Waals surface area (Å²) in [7, 11) is 0. The van der Waals surface area contributed by atoms with E-state index in [1.807, 2.05) is 0 Å². The highest BCUT2D eigenvalue weighted by Gasteiger charge is 2.45. The van der Waals surface area contributed by atoms with Gasteiger partial charge in [0.05, 0.1) is 11.6 Å². The lowest BCUT2D eigenvalue weighted by molar-refractivity contribution is -0.140. The summed E-state index contributed by atoms with van der Waals surface area (Å²) in [5.74, 6) is -2.61. The summed E-state index contributed by atoms with van der Waals surface area (Å²) in [6, 6.07) is 12.3. The number of hydrogen-bond acceptors (Lipinski definition) is 4. The number of hydrogen-bond donors (Lipinski definition) is 2. The largest absolute Gasteiger partial charge is 0.507 e. The molecule has 1 unspecified atom stereocenters. The number of carboxylic acid groups (broad SMARTS) is 1. The molecule has 31 heavy (non-hydrogen) atoms. The number of aliphatic hydroxyl groups excluding tert-OH is 1. The standard InChI is InChI=1S/C23H21Cl2NO5/c24-16-9-5-14(6-10-16)20-19(21(29)15-7-11-17(25)12-8-15)22(30)23(31)26(20)13-3-1-2-4-18(27)28/h5-12,20,29H,1-4,13H2,(H,27,28)/b21-19-. The Labute approximate surface area is 189 Å². The van der Waals surface area contributed by atoms with Crippen LogP contribution in [0.1, 0.15) is 42.9 Å². The molecule has 0 aliphatic carbocycles. The number of carbonyl (C=O) groups is 3. The number of ketones is 1. The number of Topliss-reactive ketones (excluding diaryl/α,β-unsaturated/α-hetero) is 1. The van der Waals surface area contributed by atoms with Gasteiger partial charge in [0.2, 0.25) is 0 Å². The van der Waals surface area contributed by atoms with Crippen molar-refractivity contribution in [2.24, 2.45) is 0 Å². The number of carbonyl (C=O) groups excluding carboxylic acids is 2. The van der Waals surface area contributed by atoms with E-state index in [-0.39, 0.29) is 24.3 Å². The summed E-state index contributed by atoms with van der Waals surface area (Å²) in [4.78, 5) is 37.8. The molecule has 2 aromatic carbocycles. The van der Waals surface area contributed by atoms with Crippen molar-refractivity contribution in [2.45, 2.75) is 31.7 Å². The number of amides is 1. The van der Waals surface area contributed by atoms with E-state index < -0.39 is 23.7 Å². The number of aliphatic carboxylic acids is 1. The van der Waals surface area contributed by atoms with Gasteiger partial charge in [0.1, 0.15) is 5.76 Å². The van der Waals surface area contributed by atoms with Gasteiger partial charge in [-0.05, 0) is 54.8 Å². The van der Waals surface area contributed by atoms with Gasteiger partial charge in [0.25, 0.3) is 11.7 Å². The average Bonchev–Trinajstić information content (AvgIpc) is 2.99. The monoisotopic (exact) mass is 461 g/mol. The van der Waals surface area contributed by atoms with Gasteiger partial charge >= 0.3 is 5.97 Å². The summed E-state index contributed by atoms with van der Waals surface area (Å²) < 4.78 is 0. The zero-order valence-electron chi connectivity index (χ0n) is 16.6. The van der Waals surface area contributed by atoms with Gasteiger partial charge in [-0.3, -0.25) is 14.4 Å². The van der Waals surface area contributed by atoms with Crippen molar-refractivity contribution in [2.75, 3.05) is 6.54 Å². The molecule has 6 nitrogen and oxygen atoms in total. The third kappa shape index (κ3) is 5.27. The minimum atomic E-state index is -0.871. The fourth-order valence-electron chi connectivity index (χ4n) is 3.60. The van der Waals surface area contributed by atoms with Crippen LogP contribution in [-0.4, -0.2) is 39.3 Å². The maximum absolute atomic E-state index is 12.9. The van der Waals surface area contributed by atoms with E-state index in [1.165, 1.54) is 4.90 Å². The maximum atomic E-state index is 12.9. The molecule has 2 N–H and O–H groups in total. The first-order valence-electron chi connectivity index (χ1n) is 9.81. The zero-order chi connectivity index (χ0) is 22.5. The third-order valence-corrected chi connectivity index (χ3v) is 5.64.